The van der Waals surface area contributed by atoms with Crippen molar-refractivity contribution in [2.75, 3.05) is 5.32 Å². The molecule has 26 heavy (non-hydrogen) atoms. The number of amides is 1. The lowest BCUT2D eigenvalue weighted by atomic mass is 10.1. The molecule has 5 nitrogen and oxygen atoms in total. The number of rotatable bonds is 5. The van der Waals surface area contributed by atoms with E-state index in [9.17, 15) is 10.1 Å². The number of anilines is 1. The Morgan fingerprint density at radius 1 is 1.31 bits per heavy atom. The first-order valence-electron chi connectivity index (χ1n) is 9.01. The lowest BCUT2D eigenvalue weighted by Crippen LogP contribution is -2.25. The number of fused-ring (bicyclic) bond motifs is 1. The first kappa shape index (κ1) is 18.4. The van der Waals surface area contributed by atoms with Crippen LogP contribution in [0.15, 0.2) is 35.6 Å². The Bertz CT molecular complexity index is 817. The van der Waals surface area contributed by atoms with Crippen LogP contribution in [0.25, 0.3) is 0 Å². The Labute approximate surface area is 158 Å². The van der Waals surface area contributed by atoms with Crippen LogP contribution in [0.4, 0.5) is 5.69 Å². The van der Waals surface area contributed by atoms with Crippen LogP contribution in [0.5, 0.6) is 0 Å². The van der Waals surface area contributed by atoms with Crippen molar-refractivity contribution in [3.63, 3.8) is 0 Å². The number of aromatic nitrogens is 2. The van der Waals surface area contributed by atoms with E-state index in [1.165, 1.54) is 23.7 Å². The van der Waals surface area contributed by atoms with E-state index in [0.717, 1.165) is 37.1 Å². The van der Waals surface area contributed by atoms with E-state index < -0.39 is 0 Å². The standard InChI is InChI=1S/C20H22N4OS/c1-2-18(19(25)23-16-8-10-22-11-9-16)26-20-15(13-21)12-14-6-4-3-5-7-17(14)24-20/h8-12,18H,2-7H2,1H3,(H,22,23,25). The minimum Gasteiger partial charge on any atom is -0.325 e. The third kappa shape index (κ3) is 4.41. The monoisotopic (exact) mass is 366 g/mol. The maximum absolute atomic E-state index is 12.6. The second-order valence-corrected chi connectivity index (χ2v) is 7.55. The average Bonchev–Trinajstić information content (AvgIpc) is 2.90. The van der Waals surface area contributed by atoms with Crippen molar-refractivity contribution in [1.82, 2.24) is 9.97 Å². The number of thioether (sulfide) groups is 1. The Balaban J connectivity index is 1.80. The lowest BCUT2D eigenvalue weighted by molar-refractivity contribution is -0.115. The van der Waals surface area contributed by atoms with E-state index in [2.05, 4.69) is 16.4 Å². The summed E-state index contributed by atoms with van der Waals surface area (Å²) in [5.41, 5.74) is 3.58. The zero-order chi connectivity index (χ0) is 18.4. The number of carbonyl (C=O) groups is 1. The molecule has 0 spiro atoms. The molecule has 1 N–H and O–H groups in total. The number of carbonyl (C=O) groups excluding carboxylic acids is 1. The van der Waals surface area contributed by atoms with Gasteiger partial charge in [0.1, 0.15) is 11.1 Å². The van der Waals surface area contributed by atoms with Gasteiger partial charge in [-0.1, -0.05) is 25.1 Å². The van der Waals surface area contributed by atoms with Crippen LogP contribution in [0.1, 0.15) is 49.4 Å². The number of nitriles is 1. The molecule has 6 heteroatoms. The van der Waals surface area contributed by atoms with Gasteiger partial charge in [-0.05, 0) is 55.9 Å². The highest BCUT2D eigenvalue weighted by molar-refractivity contribution is 8.00. The number of pyridine rings is 2. The minimum atomic E-state index is -0.299. The van der Waals surface area contributed by atoms with Crippen molar-refractivity contribution in [3.8, 4) is 6.07 Å². The number of aryl methyl sites for hydroxylation is 2. The van der Waals surface area contributed by atoms with Crippen LogP contribution in [0, 0.1) is 11.3 Å². The molecule has 0 saturated carbocycles. The zero-order valence-electron chi connectivity index (χ0n) is 14.9. The molecular weight excluding hydrogens is 344 g/mol. The SMILES string of the molecule is CCC(Sc1nc2c(cc1C#N)CCCCC2)C(=O)Nc1ccncc1. The molecule has 0 fully saturated rings. The van der Waals surface area contributed by atoms with E-state index in [4.69, 9.17) is 4.98 Å². The van der Waals surface area contributed by atoms with Crippen molar-refractivity contribution in [1.29, 1.82) is 5.26 Å². The molecule has 1 aliphatic carbocycles. The molecule has 0 aromatic carbocycles. The third-order valence-corrected chi connectivity index (χ3v) is 5.87. The van der Waals surface area contributed by atoms with E-state index in [0.29, 0.717) is 17.0 Å². The summed E-state index contributed by atoms with van der Waals surface area (Å²) < 4.78 is 0. The van der Waals surface area contributed by atoms with Gasteiger partial charge in [-0.2, -0.15) is 5.26 Å². The topological polar surface area (TPSA) is 78.7 Å². The number of hydrogen-bond acceptors (Lipinski definition) is 5. The Morgan fingerprint density at radius 3 is 2.81 bits per heavy atom. The molecule has 0 bridgehead atoms. The average molecular weight is 366 g/mol. The predicted octanol–water partition coefficient (Wildman–Crippen LogP) is 4.13. The summed E-state index contributed by atoms with van der Waals surface area (Å²) in [6.07, 6.45) is 9.37. The highest BCUT2D eigenvalue weighted by Crippen LogP contribution is 2.31. The van der Waals surface area contributed by atoms with E-state index in [1.54, 1.807) is 24.5 Å². The van der Waals surface area contributed by atoms with Crippen LogP contribution in [-0.2, 0) is 17.6 Å². The minimum absolute atomic E-state index is 0.0793. The molecule has 1 unspecified atom stereocenters. The van der Waals surface area contributed by atoms with E-state index in [1.807, 2.05) is 13.0 Å². The normalized spacial score (nSPS) is 14.6. The molecule has 0 aliphatic heterocycles. The summed E-state index contributed by atoms with van der Waals surface area (Å²) in [4.78, 5) is 21.4. The van der Waals surface area contributed by atoms with Gasteiger partial charge in [0.2, 0.25) is 5.91 Å². The van der Waals surface area contributed by atoms with Gasteiger partial charge < -0.3 is 5.32 Å². The van der Waals surface area contributed by atoms with Crippen LogP contribution in [0.2, 0.25) is 0 Å². The summed E-state index contributed by atoms with van der Waals surface area (Å²) >= 11 is 1.39. The highest BCUT2D eigenvalue weighted by atomic mass is 32.2. The second-order valence-electron chi connectivity index (χ2n) is 6.36. The van der Waals surface area contributed by atoms with Gasteiger partial charge in [0.15, 0.2) is 0 Å². The molecule has 1 amide bonds. The molecule has 134 valence electrons. The number of hydrogen-bond donors (Lipinski definition) is 1. The second kappa shape index (κ2) is 8.81. The van der Waals surface area contributed by atoms with Crippen LogP contribution in [0.3, 0.4) is 0 Å². The fourth-order valence-corrected chi connectivity index (χ4v) is 4.07. The number of nitrogens with one attached hydrogen (secondary N) is 1. The van der Waals surface area contributed by atoms with Crippen molar-refractivity contribution in [2.24, 2.45) is 0 Å². The van der Waals surface area contributed by atoms with Crippen LogP contribution in [-0.4, -0.2) is 21.1 Å². The van der Waals surface area contributed by atoms with Gasteiger partial charge in [0.25, 0.3) is 0 Å². The van der Waals surface area contributed by atoms with Crippen molar-refractivity contribution >= 4 is 23.4 Å². The quantitative estimate of drug-likeness (QED) is 0.636. The molecule has 1 aliphatic rings. The fraction of sp³-hybridized carbons (Fsp3) is 0.400. The maximum atomic E-state index is 12.6. The van der Waals surface area contributed by atoms with Crippen molar-refractivity contribution < 1.29 is 4.79 Å². The molecule has 2 heterocycles. The first-order chi connectivity index (χ1) is 12.7. The van der Waals surface area contributed by atoms with Gasteiger partial charge in [-0.25, -0.2) is 4.98 Å². The maximum Gasteiger partial charge on any atom is 0.237 e. The van der Waals surface area contributed by atoms with Crippen LogP contribution >= 0.6 is 11.8 Å². The lowest BCUT2D eigenvalue weighted by Gasteiger charge is -2.16. The Hall–Kier alpha value is -2.39. The molecule has 2 aromatic heterocycles. The molecule has 0 saturated heterocycles. The predicted molar refractivity (Wildman–Crippen MR) is 103 cm³/mol. The van der Waals surface area contributed by atoms with Crippen molar-refractivity contribution in [2.45, 2.75) is 55.7 Å². The third-order valence-electron chi connectivity index (χ3n) is 4.50. The summed E-state index contributed by atoms with van der Waals surface area (Å²) in [5.74, 6) is -0.0793. The molecule has 3 rings (SSSR count). The zero-order valence-corrected chi connectivity index (χ0v) is 15.7. The molecular formula is C20H22N4OS. The summed E-state index contributed by atoms with van der Waals surface area (Å²) in [7, 11) is 0. The summed E-state index contributed by atoms with van der Waals surface area (Å²) in [6, 6.07) is 7.76. The van der Waals surface area contributed by atoms with Gasteiger partial charge in [-0.15, -0.1) is 0 Å². The molecule has 0 radical (unpaired) electrons. The summed E-state index contributed by atoms with van der Waals surface area (Å²) in [5, 5.41) is 12.8. The van der Waals surface area contributed by atoms with Gasteiger partial charge in [-0.3, -0.25) is 9.78 Å². The highest BCUT2D eigenvalue weighted by Gasteiger charge is 2.22. The van der Waals surface area contributed by atoms with E-state index in [-0.39, 0.29) is 11.2 Å². The fourth-order valence-electron chi connectivity index (χ4n) is 3.08. The van der Waals surface area contributed by atoms with E-state index >= 15 is 0 Å². The van der Waals surface area contributed by atoms with Gasteiger partial charge in [0, 0.05) is 23.8 Å². The summed E-state index contributed by atoms with van der Waals surface area (Å²) in [6.45, 7) is 1.97. The van der Waals surface area contributed by atoms with Gasteiger partial charge >= 0.3 is 0 Å². The smallest absolute Gasteiger partial charge is 0.237 e. The van der Waals surface area contributed by atoms with Gasteiger partial charge in [0.05, 0.1) is 10.8 Å². The Kier molecular flexibility index (Phi) is 6.24. The molecule has 1 atom stereocenters. The number of nitrogens with zero attached hydrogens (tertiary/aromatic N) is 3. The largest absolute Gasteiger partial charge is 0.325 e. The van der Waals surface area contributed by atoms with Crippen molar-refractivity contribution in [3.05, 3.63) is 47.4 Å². The first-order valence-corrected chi connectivity index (χ1v) is 9.89. The molecule has 2 aromatic rings. The Morgan fingerprint density at radius 2 is 2.08 bits per heavy atom. The van der Waals surface area contributed by atoms with Crippen LogP contribution < -0.4 is 5.32 Å².